The van der Waals surface area contributed by atoms with E-state index in [1.807, 2.05) is 6.07 Å². The molecular formula is C21H17N5O5. The number of anilines is 2. The highest BCUT2D eigenvalue weighted by molar-refractivity contribution is 5.98. The van der Waals surface area contributed by atoms with E-state index in [0.29, 0.717) is 42.6 Å². The number of nitrogens with zero attached hydrogens (tertiary/aromatic N) is 2. The minimum atomic E-state index is -1.10. The molecular weight excluding hydrogens is 402 g/mol. The average Bonchev–Trinajstić information content (AvgIpc) is 3.30. The van der Waals surface area contributed by atoms with Gasteiger partial charge in [-0.15, -0.1) is 0 Å². The highest BCUT2D eigenvalue weighted by Crippen LogP contribution is 2.41. The summed E-state index contributed by atoms with van der Waals surface area (Å²) >= 11 is 0. The molecule has 3 N–H and O–H groups in total. The second-order valence-corrected chi connectivity index (χ2v) is 7.09. The number of carbonyl (C=O) groups excluding carboxylic acids is 1. The number of nitriles is 1. The van der Waals surface area contributed by atoms with E-state index >= 15 is 0 Å². The van der Waals surface area contributed by atoms with E-state index in [-0.39, 0.29) is 17.3 Å². The van der Waals surface area contributed by atoms with Gasteiger partial charge in [0.15, 0.2) is 11.5 Å². The zero-order valence-electron chi connectivity index (χ0n) is 16.2. The van der Waals surface area contributed by atoms with Crippen molar-refractivity contribution < 1.29 is 18.7 Å². The third-order valence-corrected chi connectivity index (χ3v) is 5.20. The molecule has 0 radical (unpaired) electrons. The van der Waals surface area contributed by atoms with E-state index in [4.69, 9.17) is 13.9 Å². The van der Waals surface area contributed by atoms with E-state index in [1.165, 1.54) is 0 Å². The first-order chi connectivity index (χ1) is 15.1. The molecule has 0 aliphatic carbocycles. The number of furan rings is 1. The Morgan fingerprint density at radius 3 is 2.81 bits per heavy atom. The number of hydrogen-bond donors (Lipinski definition) is 3. The number of hydrogen-bond acceptors (Lipinski definition) is 8. The van der Waals surface area contributed by atoms with Gasteiger partial charge in [-0.1, -0.05) is 6.07 Å². The van der Waals surface area contributed by atoms with Crippen molar-refractivity contribution in [2.45, 2.75) is 12.5 Å². The van der Waals surface area contributed by atoms with Crippen LogP contribution in [-0.4, -0.2) is 29.1 Å². The summed E-state index contributed by atoms with van der Waals surface area (Å²) in [5, 5.41) is 15.2. The number of fused-ring (bicyclic) bond motifs is 2. The summed E-state index contributed by atoms with van der Waals surface area (Å²) < 4.78 is 16.4. The summed E-state index contributed by atoms with van der Waals surface area (Å²) in [7, 11) is 0. The standard InChI is InChI=1S/C21H17N5O5/c22-9-13-16(11-3-4-14-15(8-11)31-7-6-30-14)17-18(24-19(13)27)25-21(26-20(17)28)23-10-12-2-1-5-29-12/h1-5,8,13,16H,6-7,10H2,(H3,23,24,25,26,27,28). The summed E-state index contributed by atoms with van der Waals surface area (Å²) in [5.41, 5.74) is 0.356. The van der Waals surface area contributed by atoms with Gasteiger partial charge in [0.2, 0.25) is 11.9 Å². The van der Waals surface area contributed by atoms with Crippen molar-refractivity contribution in [1.82, 2.24) is 9.97 Å². The average molecular weight is 419 g/mol. The lowest BCUT2D eigenvalue weighted by molar-refractivity contribution is -0.119. The van der Waals surface area contributed by atoms with Crippen molar-refractivity contribution in [1.29, 1.82) is 5.26 Å². The molecule has 0 fully saturated rings. The van der Waals surface area contributed by atoms with E-state index in [9.17, 15) is 14.9 Å². The molecule has 1 amide bonds. The molecule has 0 bridgehead atoms. The van der Waals surface area contributed by atoms with Crippen molar-refractivity contribution in [2.75, 3.05) is 23.8 Å². The van der Waals surface area contributed by atoms with E-state index in [0.717, 1.165) is 0 Å². The summed E-state index contributed by atoms with van der Waals surface area (Å²) in [6.45, 7) is 1.14. The molecule has 10 heteroatoms. The van der Waals surface area contributed by atoms with Gasteiger partial charge >= 0.3 is 0 Å². The smallest absolute Gasteiger partial charge is 0.258 e. The molecule has 2 unspecified atom stereocenters. The van der Waals surface area contributed by atoms with Gasteiger partial charge in [-0.05, 0) is 29.8 Å². The maximum Gasteiger partial charge on any atom is 0.258 e. The fourth-order valence-corrected chi connectivity index (χ4v) is 3.79. The Morgan fingerprint density at radius 1 is 1.19 bits per heavy atom. The van der Waals surface area contributed by atoms with Crippen molar-refractivity contribution >= 4 is 17.7 Å². The van der Waals surface area contributed by atoms with E-state index in [2.05, 4.69) is 20.6 Å². The van der Waals surface area contributed by atoms with Crippen LogP contribution in [0.25, 0.3) is 0 Å². The number of nitrogens with one attached hydrogen (secondary N) is 3. The molecule has 1 aromatic carbocycles. The Labute approximate surface area is 175 Å². The van der Waals surface area contributed by atoms with E-state index in [1.54, 1.807) is 36.6 Å². The number of rotatable bonds is 4. The van der Waals surface area contributed by atoms with Gasteiger partial charge in [0.25, 0.3) is 5.56 Å². The zero-order chi connectivity index (χ0) is 21.4. The predicted molar refractivity (Wildman–Crippen MR) is 108 cm³/mol. The van der Waals surface area contributed by atoms with Gasteiger partial charge < -0.3 is 24.5 Å². The van der Waals surface area contributed by atoms with E-state index < -0.39 is 23.3 Å². The Kier molecular flexibility index (Phi) is 4.55. The third kappa shape index (κ3) is 3.36. The van der Waals surface area contributed by atoms with Crippen LogP contribution in [0.15, 0.2) is 45.8 Å². The van der Waals surface area contributed by atoms with Crippen molar-refractivity contribution in [3.63, 3.8) is 0 Å². The number of ether oxygens (including phenoxy) is 2. The molecule has 10 nitrogen and oxygen atoms in total. The molecule has 4 heterocycles. The second-order valence-electron chi connectivity index (χ2n) is 7.09. The van der Waals surface area contributed by atoms with Gasteiger partial charge in [0.05, 0.1) is 24.4 Å². The van der Waals surface area contributed by atoms with Gasteiger partial charge in [-0.25, -0.2) is 0 Å². The number of H-pyrrole nitrogens is 1. The zero-order valence-corrected chi connectivity index (χ0v) is 16.2. The number of aromatic amines is 1. The molecule has 2 aliphatic heterocycles. The minimum Gasteiger partial charge on any atom is -0.486 e. The first-order valence-corrected chi connectivity index (χ1v) is 9.64. The summed E-state index contributed by atoms with van der Waals surface area (Å²) in [5.74, 6) is -0.394. The Bertz CT molecular complexity index is 1240. The molecule has 0 spiro atoms. The van der Waals surface area contributed by atoms with Crippen LogP contribution in [0.1, 0.15) is 22.8 Å². The Hall–Kier alpha value is -4.26. The van der Waals surface area contributed by atoms with Crippen LogP contribution < -0.4 is 25.7 Å². The van der Waals surface area contributed by atoms with Crippen LogP contribution in [0.5, 0.6) is 11.5 Å². The topological polar surface area (TPSA) is 142 Å². The second kappa shape index (κ2) is 7.53. The van der Waals surface area contributed by atoms with Gasteiger partial charge in [0, 0.05) is 5.92 Å². The van der Waals surface area contributed by atoms with Crippen molar-refractivity contribution in [3.05, 3.63) is 63.8 Å². The summed E-state index contributed by atoms with van der Waals surface area (Å²) in [6, 6.07) is 10.7. The molecule has 5 rings (SSSR count). The fraction of sp³-hybridized carbons (Fsp3) is 0.238. The first kappa shape index (κ1) is 18.7. The fourth-order valence-electron chi connectivity index (χ4n) is 3.79. The number of aromatic nitrogens is 2. The van der Waals surface area contributed by atoms with Crippen LogP contribution in [0, 0.1) is 17.2 Å². The molecule has 31 heavy (non-hydrogen) atoms. The molecule has 2 aromatic heterocycles. The summed E-state index contributed by atoms with van der Waals surface area (Å²) in [4.78, 5) is 32.7. The van der Waals surface area contributed by atoms with Gasteiger partial charge in [-0.2, -0.15) is 10.2 Å². The molecule has 156 valence electrons. The molecule has 2 atom stereocenters. The van der Waals surface area contributed by atoms with Crippen LogP contribution in [-0.2, 0) is 11.3 Å². The van der Waals surface area contributed by atoms with Crippen molar-refractivity contribution in [2.24, 2.45) is 5.92 Å². The van der Waals surface area contributed by atoms with Gasteiger partial charge in [-0.3, -0.25) is 14.6 Å². The minimum absolute atomic E-state index is 0.113. The molecule has 0 saturated heterocycles. The molecule has 3 aromatic rings. The molecule has 0 saturated carbocycles. The lowest BCUT2D eigenvalue weighted by Gasteiger charge is -2.29. The van der Waals surface area contributed by atoms with Gasteiger partial charge in [0.1, 0.15) is 30.7 Å². The highest BCUT2D eigenvalue weighted by atomic mass is 16.6. The predicted octanol–water partition coefficient (Wildman–Crippen LogP) is 1.97. The Balaban J connectivity index is 1.55. The monoisotopic (exact) mass is 419 g/mol. The number of benzene rings is 1. The third-order valence-electron chi connectivity index (χ3n) is 5.20. The lowest BCUT2D eigenvalue weighted by atomic mass is 9.79. The van der Waals surface area contributed by atoms with Crippen LogP contribution in [0.3, 0.4) is 0 Å². The van der Waals surface area contributed by atoms with Crippen LogP contribution in [0.4, 0.5) is 11.8 Å². The van der Waals surface area contributed by atoms with Crippen LogP contribution in [0.2, 0.25) is 0 Å². The molecule has 2 aliphatic rings. The SMILES string of the molecule is N#CC1C(=O)Nc2nc(NCc3ccco3)[nH]c(=O)c2C1c1ccc2c(c1)OCCO2. The normalized spacial score (nSPS) is 19.1. The van der Waals surface area contributed by atoms with Crippen LogP contribution >= 0.6 is 0 Å². The largest absolute Gasteiger partial charge is 0.486 e. The summed E-state index contributed by atoms with van der Waals surface area (Å²) in [6.07, 6.45) is 1.54. The quantitative estimate of drug-likeness (QED) is 0.583. The maximum atomic E-state index is 13.0. The number of carbonyl (C=O) groups is 1. The van der Waals surface area contributed by atoms with Crippen molar-refractivity contribution in [3.8, 4) is 17.6 Å². The maximum absolute atomic E-state index is 13.0. The lowest BCUT2D eigenvalue weighted by Crippen LogP contribution is -2.38. The first-order valence-electron chi connectivity index (χ1n) is 9.64. The number of amides is 1. The Morgan fingerprint density at radius 2 is 2.03 bits per heavy atom. The highest BCUT2D eigenvalue weighted by Gasteiger charge is 2.40.